The van der Waals surface area contributed by atoms with Crippen LogP contribution in [0.4, 0.5) is 10.5 Å². The molecule has 2 aliphatic rings. The largest absolute Gasteiger partial charge is 0.489 e. The smallest absolute Gasteiger partial charge is 0.415 e. The minimum absolute atomic E-state index is 0.151. The first-order chi connectivity index (χ1) is 11.6. The number of benzene rings is 1. The summed E-state index contributed by atoms with van der Waals surface area (Å²) >= 11 is 1.64. The van der Waals surface area contributed by atoms with E-state index in [1.807, 2.05) is 29.6 Å². The topological polar surface area (TPSA) is 67.9 Å². The molecule has 4 rings (SSSR count). The minimum Gasteiger partial charge on any atom is -0.489 e. The van der Waals surface area contributed by atoms with Crippen LogP contribution < -0.4 is 15.0 Å². The number of anilines is 1. The average molecular weight is 344 g/mol. The van der Waals surface area contributed by atoms with Gasteiger partial charge in [-0.1, -0.05) is 6.07 Å². The standard InChI is InChI=1S/C17H16N2O4S/c1-10(20)18-7-16-14-8-22-15-6-11(12-4-5-24-9-12)2-3-13(15)19(14)17(21)23-16/h2-6,9,14,16H,7-8H2,1H3,(H,18,20)/t14-,16-/m0/s1. The van der Waals surface area contributed by atoms with Crippen molar-refractivity contribution in [3.63, 3.8) is 0 Å². The Hall–Kier alpha value is -2.54. The summed E-state index contributed by atoms with van der Waals surface area (Å²) in [5.74, 6) is 0.522. The summed E-state index contributed by atoms with van der Waals surface area (Å²) in [6.45, 7) is 2.07. The average Bonchev–Trinajstić information content (AvgIpc) is 3.21. The molecule has 0 spiro atoms. The molecule has 0 aliphatic carbocycles. The number of carbonyl (C=O) groups excluding carboxylic acids is 2. The lowest BCUT2D eigenvalue weighted by atomic mass is 10.0. The number of rotatable bonds is 3. The van der Waals surface area contributed by atoms with Gasteiger partial charge in [-0.25, -0.2) is 4.79 Å². The van der Waals surface area contributed by atoms with Crippen LogP contribution in [0.15, 0.2) is 35.0 Å². The van der Waals surface area contributed by atoms with Crippen molar-refractivity contribution in [2.75, 3.05) is 18.1 Å². The lowest BCUT2D eigenvalue weighted by Gasteiger charge is -2.31. The van der Waals surface area contributed by atoms with Crippen molar-refractivity contribution >= 4 is 29.0 Å². The third kappa shape index (κ3) is 2.50. The van der Waals surface area contributed by atoms with Crippen molar-refractivity contribution in [1.29, 1.82) is 0 Å². The van der Waals surface area contributed by atoms with E-state index in [2.05, 4.69) is 10.7 Å². The first kappa shape index (κ1) is 15.0. The van der Waals surface area contributed by atoms with Gasteiger partial charge in [0.25, 0.3) is 0 Å². The number of thiophene rings is 1. The summed E-state index contributed by atoms with van der Waals surface area (Å²) in [5.41, 5.74) is 2.89. The van der Waals surface area contributed by atoms with Gasteiger partial charge in [-0.05, 0) is 40.1 Å². The Bertz CT molecular complexity index is 790. The molecule has 2 aliphatic heterocycles. The SMILES string of the molecule is CC(=O)NC[C@@H]1OC(=O)N2c3ccc(-c4ccsc4)cc3OC[C@@H]12. The van der Waals surface area contributed by atoms with Gasteiger partial charge in [-0.15, -0.1) is 0 Å². The van der Waals surface area contributed by atoms with Crippen molar-refractivity contribution in [2.45, 2.75) is 19.1 Å². The first-order valence-electron chi connectivity index (χ1n) is 7.67. The predicted octanol–water partition coefficient (Wildman–Crippen LogP) is 2.64. The molecule has 24 heavy (non-hydrogen) atoms. The number of ether oxygens (including phenoxy) is 2. The highest BCUT2D eigenvalue weighted by molar-refractivity contribution is 7.08. The molecule has 2 aromatic rings. The van der Waals surface area contributed by atoms with Gasteiger partial charge >= 0.3 is 6.09 Å². The Morgan fingerprint density at radius 3 is 3.00 bits per heavy atom. The Morgan fingerprint density at radius 2 is 2.25 bits per heavy atom. The third-order valence-corrected chi connectivity index (χ3v) is 4.93. The summed E-state index contributed by atoms with van der Waals surface area (Å²) in [5, 5.41) is 6.79. The molecular formula is C17H16N2O4S. The molecule has 1 saturated heterocycles. The zero-order chi connectivity index (χ0) is 16.7. The van der Waals surface area contributed by atoms with Crippen LogP contribution in [0, 0.1) is 0 Å². The molecule has 7 heteroatoms. The van der Waals surface area contributed by atoms with E-state index in [1.54, 1.807) is 16.2 Å². The van der Waals surface area contributed by atoms with Gasteiger partial charge in [0.05, 0.1) is 12.2 Å². The molecule has 0 saturated carbocycles. The van der Waals surface area contributed by atoms with Gasteiger partial charge in [0, 0.05) is 6.92 Å². The van der Waals surface area contributed by atoms with E-state index in [1.165, 1.54) is 6.92 Å². The minimum atomic E-state index is -0.411. The van der Waals surface area contributed by atoms with E-state index in [4.69, 9.17) is 9.47 Å². The summed E-state index contributed by atoms with van der Waals surface area (Å²) in [6, 6.07) is 7.62. The van der Waals surface area contributed by atoms with Crippen molar-refractivity contribution in [3.8, 4) is 16.9 Å². The lowest BCUT2D eigenvalue weighted by Crippen LogP contribution is -2.47. The number of carbonyl (C=O) groups is 2. The lowest BCUT2D eigenvalue weighted by molar-refractivity contribution is -0.119. The van der Waals surface area contributed by atoms with Crippen molar-refractivity contribution in [2.24, 2.45) is 0 Å². The fourth-order valence-corrected chi connectivity index (χ4v) is 3.72. The Morgan fingerprint density at radius 1 is 1.38 bits per heavy atom. The van der Waals surface area contributed by atoms with E-state index in [0.29, 0.717) is 18.0 Å². The number of nitrogens with one attached hydrogen (secondary N) is 1. The highest BCUT2D eigenvalue weighted by Crippen LogP contribution is 2.41. The normalized spacial score (nSPS) is 21.5. The number of hydrogen-bond donors (Lipinski definition) is 1. The molecule has 1 aromatic heterocycles. The Balaban J connectivity index is 1.62. The van der Waals surface area contributed by atoms with E-state index >= 15 is 0 Å². The van der Waals surface area contributed by atoms with Crippen LogP contribution in [0.25, 0.3) is 11.1 Å². The van der Waals surface area contributed by atoms with Crippen LogP contribution in [0.1, 0.15) is 6.92 Å². The van der Waals surface area contributed by atoms with Crippen LogP contribution in [0.2, 0.25) is 0 Å². The van der Waals surface area contributed by atoms with E-state index in [0.717, 1.165) is 11.1 Å². The molecule has 1 fully saturated rings. The van der Waals surface area contributed by atoms with Crippen LogP contribution in [0.5, 0.6) is 5.75 Å². The van der Waals surface area contributed by atoms with Gasteiger partial charge in [0.15, 0.2) is 0 Å². The molecule has 2 atom stereocenters. The maximum Gasteiger partial charge on any atom is 0.415 e. The summed E-state index contributed by atoms with van der Waals surface area (Å²) < 4.78 is 11.3. The van der Waals surface area contributed by atoms with E-state index in [-0.39, 0.29) is 18.5 Å². The highest BCUT2D eigenvalue weighted by atomic mass is 32.1. The number of fused-ring (bicyclic) bond motifs is 3. The molecule has 0 unspecified atom stereocenters. The van der Waals surface area contributed by atoms with Crippen molar-refractivity contribution in [3.05, 3.63) is 35.0 Å². The van der Waals surface area contributed by atoms with Gasteiger partial charge in [-0.3, -0.25) is 9.69 Å². The van der Waals surface area contributed by atoms with Crippen molar-refractivity contribution in [1.82, 2.24) is 5.32 Å². The summed E-state index contributed by atoms with van der Waals surface area (Å²) in [6.07, 6.45) is -0.811. The maximum atomic E-state index is 12.3. The van der Waals surface area contributed by atoms with E-state index in [9.17, 15) is 9.59 Å². The summed E-state index contributed by atoms with van der Waals surface area (Å²) in [4.78, 5) is 25.0. The second kappa shape index (κ2) is 5.83. The monoisotopic (exact) mass is 344 g/mol. The van der Waals surface area contributed by atoms with Gasteiger partial charge < -0.3 is 14.8 Å². The Kier molecular flexibility index (Phi) is 3.65. The van der Waals surface area contributed by atoms with Crippen molar-refractivity contribution < 1.29 is 19.1 Å². The number of cyclic esters (lactones) is 1. The second-order valence-electron chi connectivity index (χ2n) is 5.80. The molecule has 1 N–H and O–H groups in total. The fraction of sp³-hybridized carbons (Fsp3) is 0.294. The fourth-order valence-electron chi connectivity index (χ4n) is 3.06. The first-order valence-corrected chi connectivity index (χ1v) is 8.61. The molecule has 6 nitrogen and oxygen atoms in total. The molecule has 0 bridgehead atoms. The molecular weight excluding hydrogens is 328 g/mol. The van der Waals surface area contributed by atoms with Crippen LogP contribution in [-0.2, 0) is 9.53 Å². The highest BCUT2D eigenvalue weighted by Gasteiger charge is 2.46. The quantitative estimate of drug-likeness (QED) is 0.929. The summed E-state index contributed by atoms with van der Waals surface area (Å²) in [7, 11) is 0. The third-order valence-electron chi connectivity index (χ3n) is 4.25. The number of amides is 2. The molecule has 1 aromatic carbocycles. The zero-order valence-corrected chi connectivity index (χ0v) is 13.8. The van der Waals surface area contributed by atoms with E-state index < -0.39 is 12.2 Å². The van der Waals surface area contributed by atoms with Gasteiger partial charge in [0.2, 0.25) is 5.91 Å². The van der Waals surface area contributed by atoms with Gasteiger partial charge in [-0.2, -0.15) is 11.3 Å². The molecule has 0 radical (unpaired) electrons. The number of nitrogens with zero attached hydrogens (tertiary/aromatic N) is 1. The molecule has 2 amide bonds. The van der Waals surface area contributed by atoms with Crippen LogP contribution >= 0.6 is 11.3 Å². The van der Waals surface area contributed by atoms with Crippen LogP contribution in [-0.4, -0.2) is 37.3 Å². The number of hydrogen-bond acceptors (Lipinski definition) is 5. The maximum absolute atomic E-state index is 12.3. The predicted molar refractivity (Wildman–Crippen MR) is 90.5 cm³/mol. The zero-order valence-electron chi connectivity index (χ0n) is 13.0. The molecule has 3 heterocycles. The molecule has 124 valence electrons. The Labute approximate surface area is 143 Å². The second-order valence-corrected chi connectivity index (χ2v) is 6.58. The van der Waals surface area contributed by atoms with Gasteiger partial charge in [0.1, 0.15) is 24.5 Å². The van der Waals surface area contributed by atoms with Crippen LogP contribution in [0.3, 0.4) is 0 Å².